The van der Waals surface area contributed by atoms with E-state index >= 15 is 0 Å². The Morgan fingerprint density at radius 2 is 1.40 bits per heavy atom. The van der Waals surface area contributed by atoms with Gasteiger partial charge in [-0.3, -0.25) is 0 Å². The zero-order valence-corrected chi connectivity index (χ0v) is 3.64. The van der Waals surface area contributed by atoms with Gasteiger partial charge in [0, 0.05) is 4.57 Å². The maximum absolute atomic E-state index is 8.70. The van der Waals surface area contributed by atoms with E-state index in [-0.39, 0.29) is 6.15 Å². The highest BCUT2D eigenvalue weighted by molar-refractivity contribution is 7.30. The van der Waals surface area contributed by atoms with E-state index in [0.717, 1.165) is 0 Å². The summed E-state index contributed by atoms with van der Waals surface area (Å²) < 4.78 is 8.70. The maximum atomic E-state index is 8.70. The number of rotatable bonds is 0. The largest absolute Gasteiger partial charge is 0.692 e. The number of hydrogen-bond acceptors (Lipinski definition) is 1. The van der Waals surface area contributed by atoms with Gasteiger partial charge in [0.2, 0.25) is 0 Å². The van der Waals surface area contributed by atoms with Crippen molar-refractivity contribution in [1.29, 1.82) is 0 Å². The summed E-state index contributed by atoms with van der Waals surface area (Å²) in [4.78, 5) is 14.2. The van der Waals surface area contributed by atoms with Gasteiger partial charge >= 0.3 is 8.25 Å². The van der Waals surface area contributed by atoms with Crippen LogP contribution in [0.4, 0.5) is 0 Å². The molecule has 0 atom stereocenters. The Kier molecular flexibility index (Phi) is 7.07. The zero-order valence-electron chi connectivity index (χ0n) is 2.75. The van der Waals surface area contributed by atoms with Crippen LogP contribution in [0.5, 0.6) is 0 Å². The lowest BCUT2D eigenvalue weighted by Crippen LogP contribution is -1.38. The smallest absolute Gasteiger partial charge is 0.369 e. The molecule has 0 heterocycles. The summed E-state index contributed by atoms with van der Waals surface area (Å²) in [6.07, 6.45) is 0. The first kappa shape index (κ1) is 8.88. The molecule has 5 heteroatoms. The molecule has 0 aliphatic rings. The van der Waals surface area contributed by atoms with Crippen LogP contribution in [0.2, 0.25) is 0 Å². The predicted molar refractivity (Wildman–Crippen MR) is 18.0 cm³/mol. The predicted octanol–water partition coefficient (Wildman–Crippen LogP) is 0.00460. The Morgan fingerprint density at radius 1 is 1.40 bits per heavy atom. The van der Waals surface area contributed by atoms with Crippen LogP contribution < -0.4 is 6.15 Å². The molecule has 0 bridgehead atoms. The molecule has 0 spiro atoms. The van der Waals surface area contributed by atoms with E-state index in [1.807, 2.05) is 0 Å². The zero-order chi connectivity index (χ0) is 3.58. The fourth-order valence-electron chi connectivity index (χ4n) is 0. The van der Waals surface area contributed by atoms with E-state index in [1.165, 1.54) is 0 Å². The SMILES string of the molecule is O=[P+](O)O.[NH4+]. The summed E-state index contributed by atoms with van der Waals surface area (Å²) in [5.74, 6) is 0. The van der Waals surface area contributed by atoms with Crippen LogP contribution in [0, 0.1) is 0 Å². The second-order valence-electron chi connectivity index (χ2n) is 0.253. The second-order valence-corrected chi connectivity index (χ2v) is 0.758. The van der Waals surface area contributed by atoms with Crippen LogP contribution in [0.15, 0.2) is 0 Å². The van der Waals surface area contributed by atoms with Crippen molar-refractivity contribution in [3.8, 4) is 0 Å². The second kappa shape index (κ2) is 3.98. The summed E-state index contributed by atoms with van der Waals surface area (Å²) in [5.41, 5.74) is 0. The van der Waals surface area contributed by atoms with Gasteiger partial charge in [-0.15, -0.1) is 9.79 Å². The first-order chi connectivity index (χ1) is 1.73. The quantitative estimate of drug-likeness (QED) is 0.373. The summed E-state index contributed by atoms with van der Waals surface area (Å²) in [6, 6.07) is 0. The Labute approximate surface area is 30.0 Å². The molecule has 0 aromatic carbocycles. The van der Waals surface area contributed by atoms with Gasteiger partial charge < -0.3 is 6.15 Å². The molecule has 0 aliphatic carbocycles. The highest BCUT2D eigenvalue weighted by Gasteiger charge is 1.93. The molecule has 4 nitrogen and oxygen atoms in total. The van der Waals surface area contributed by atoms with Crippen molar-refractivity contribution in [3.05, 3.63) is 0 Å². The van der Waals surface area contributed by atoms with Crippen molar-refractivity contribution < 1.29 is 14.4 Å². The Bertz CT molecular complexity index is 29.9. The molecule has 0 radical (unpaired) electrons. The molecule has 0 saturated heterocycles. The lowest BCUT2D eigenvalue weighted by molar-refractivity contribution is 0.405. The molecule has 32 valence electrons. The average molecular weight is 99.0 g/mol. The maximum Gasteiger partial charge on any atom is 0.692 e. The van der Waals surface area contributed by atoms with Crippen molar-refractivity contribution in [2.45, 2.75) is 0 Å². The van der Waals surface area contributed by atoms with Crippen LogP contribution >= 0.6 is 8.25 Å². The normalized spacial score (nSPS) is 5.20. The summed E-state index contributed by atoms with van der Waals surface area (Å²) >= 11 is 0. The molecular weight excluding hydrogens is 93.0 g/mol. The lowest BCUT2D eigenvalue weighted by atomic mass is 14.0. The lowest BCUT2D eigenvalue weighted by Gasteiger charge is -1.34. The minimum Gasteiger partial charge on any atom is -0.369 e. The third-order valence-corrected chi connectivity index (χ3v) is 0. The van der Waals surface area contributed by atoms with Gasteiger partial charge in [0.25, 0.3) is 0 Å². The number of hydrogen-bond donors (Lipinski definition) is 3. The van der Waals surface area contributed by atoms with Crippen LogP contribution in [-0.4, -0.2) is 9.79 Å². The minimum absolute atomic E-state index is 0. The summed E-state index contributed by atoms with van der Waals surface area (Å²) in [7, 11) is -2.87. The third kappa shape index (κ3) is 39000. The standard InChI is InChI=1S/H3N.HO3P/c;1-4(2)3/h1H3;(H-,1,2,3)/p+2. The molecule has 6 N–H and O–H groups in total. The fourth-order valence-corrected chi connectivity index (χ4v) is 0. The van der Waals surface area contributed by atoms with Gasteiger partial charge in [-0.25, -0.2) is 0 Å². The molecule has 0 aromatic heterocycles. The van der Waals surface area contributed by atoms with Crippen molar-refractivity contribution in [3.63, 3.8) is 0 Å². The molecule has 5 heavy (non-hydrogen) atoms. The molecule has 0 fully saturated rings. The van der Waals surface area contributed by atoms with E-state index < -0.39 is 8.25 Å². The van der Waals surface area contributed by atoms with E-state index in [0.29, 0.717) is 0 Å². The molecule has 0 aromatic rings. The van der Waals surface area contributed by atoms with Gasteiger partial charge in [-0.1, -0.05) is 0 Å². The summed E-state index contributed by atoms with van der Waals surface area (Å²) in [5, 5.41) is 0. The molecule has 0 unspecified atom stereocenters. The van der Waals surface area contributed by atoms with Crippen molar-refractivity contribution in [2.24, 2.45) is 0 Å². The molecule has 0 aliphatic heterocycles. The molecule has 0 rings (SSSR count). The van der Waals surface area contributed by atoms with Crippen molar-refractivity contribution >= 4 is 8.25 Å². The summed E-state index contributed by atoms with van der Waals surface area (Å²) in [6.45, 7) is 0. The van der Waals surface area contributed by atoms with E-state index in [4.69, 9.17) is 14.4 Å². The van der Waals surface area contributed by atoms with Gasteiger partial charge in [0.1, 0.15) is 0 Å². The topological polar surface area (TPSA) is 94.0 Å². The Balaban J connectivity index is 0. The van der Waals surface area contributed by atoms with Gasteiger partial charge in [-0.05, 0) is 0 Å². The Morgan fingerprint density at radius 3 is 1.40 bits per heavy atom. The van der Waals surface area contributed by atoms with Crippen LogP contribution in [0.3, 0.4) is 0 Å². The van der Waals surface area contributed by atoms with Gasteiger partial charge in [-0.2, -0.15) is 0 Å². The Hall–Kier alpha value is -0.0200. The highest BCUT2D eigenvalue weighted by Crippen LogP contribution is 1.98. The van der Waals surface area contributed by atoms with Crippen LogP contribution in [0.25, 0.3) is 0 Å². The van der Waals surface area contributed by atoms with Crippen molar-refractivity contribution in [1.82, 2.24) is 6.15 Å². The minimum atomic E-state index is -2.87. The molecule has 0 saturated carbocycles. The molecule has 0 amide bonds. The van der Waals surface area contributed by atoms with Crippen LogP contribution in [0.1, 0.15) is 0 Å². The van der Waals surface area contributed by atoms with E-state index in [2.05, 4.69) is 0 Å². The van der Waals surface area contributed by atoms with Gasteiger partial charge in [0.15, 0.2) is 0 Å². The van der Waals surface area contributed by atoms with E-state index in [9.17, 15) is 0 Å². The van der Waals surface area contributed by atoms with Crippen molar-refractivity contribution in [2.75, 3.05) is 0 Å². The number of quaternary nitrogens is 1. The first-order valence-electron chi connectivity index (χ1n) is 0.583. The monoisotopic (exact) mass is 99.0 g/mol. The fraction of sp³-hybridized carbons (Fsp3) is 0. The third-order valence-electron chi connectivity index (χ3n) is 0. The molecular formula is H6NO3P+2. The van der Waals surface area contributed by atoms with Crippen LogP contribution in [-0.2, 0) is 4.57 Å². The van der Waals surface area contributed by atoms with E-state index in [1.54, 1.807) is 0 Å². The highest BCUT2D eigenvalue weighted by atomic mass is 31.1. The first-order valence-corrected chi connectivity index (χ1v) is 1.75. The average Bonchev–Trinajstić information content (AvgIpc) is 0.811. The van der Waals surface area contributed by atoms with Gasteiger partial charge in [0.05, 0.1) is 0 Å².